The van der Waals surface area contributed by atoms with Crippen LogP contribution in [0.4, 0.5) is 0 Å². The van der Waals surface area contributed by atoms with Crippen LogP contribution >= 0.6 is 0 Å². The van der Waals surface area contributed by atoms with Crippen molar-refractivity contribution in [2.45, 2.75) is 53.1 Å². The Balaban J connectivity index is 2.50. The van der Waals surface area contributed by atoms with E-state index in [0.29, 0.717) is 23.8 Å². The molecule has 2 N–H and O–H groups in total. The fourth-order valence-electron chi connectivity index (χ4n) is 2.35. The Hall–Kier alpha value is -2.24. The summed E-state index contributed by atoms with van der Waals surface area (Å²) in [6.45, 7) is 9.62. The Labute approximate surface area is 164 Å². The minimum absolute atomic E-state index is 0.0401. The van der Waals surface area contributed by atoms with Crippen molar-refractivity contribution in [3.05, 3.63) is 29.8 Å². The molecule has 1 unspecified atom stereocenters. The minimum Gasteiger partial charge on any atom is -0.484 e. The van der Waals surface area contributed by atoms with Crippen LogP contribution in [0.25, 0.3) is 0 Å². The zero-order valence-corrected chi connectivity index (χ0v) is 17.9. The average Bonchev–Trinajstić information content (AvgIpc) is 2.61. The first-order valence-electron chi connectivity index (χ1n) is 9.50. The van der Waals surface area contributed by atoms with Crippen molar-refractivity contribution in [1.82, 2.24) is 15.5 Å². The number of carbonyl (C=O) groups excluding carboxylic acids is 1. The van der Waals surface area contributed by atoms with Crippen LogP contribution in [-0.2, 0) is 11.3 Å². The van der Waals surface area contributed by atoms with Crippen molar-refractivity contribution in [1.29, 1.82) is 0 Å². The van der Waals surface area contributed by atoms with Crippen LogP contribution in [0.3, 0.4) is 0 Å². The van der Waals surface area contributed by atoms with E-state index in [-0.39, 0.29) is 12.5 Å². The third-order valence-electron chi connectivity index (χ3n) is 4.15. The van der Waals surface area contributed by atoms with Crippen LogP contribution in [0.1, 0.15) is 46.1 Å². The molecule has 152 valence electrons. The van der Waals surface area contributed by atoms with Crippen LogP contribution < -0.4 is 15.4 Å². The normalized spacial score (nSPS) is 13.1. The summed E-state index contributed by atoms with van der Waals surface area (Å²) in [6.07, 6.45) is 2.25. The summed E-state index contributed by atoms with van der Waals surface area (Å²) < 4.78 is 5.57. The number of guanidine groups is 1. The van der Waals surface area contributed by atoms with Crippen molar-refractivity contribution < 1.29 is 9.53 Å². The molecule has 27 heavy (non-hydrogen) atoms. The number of amides is 1. The summed E-state index contributed by atoms with van der Waals surface area (Å²) in [5.74, 6) is 1.41. The summed E-state index contributed by atoms with van der Waals surface area (Å²) in [7, 11) is 5.21. The third kappa shape index (κ3) is 9.87. The Bertz CT molecular complexity index is 621. The van der Waals surface area contributed by atoms with E-state index in [1.807, 2.05) is 24.3 Å². The van der Waals surface area contributed by atoms with Gasteiger partial charge >= 0.3 is 0 Å². The molecule has 0 aromatic heterocycles. The molecule has 0 spiro atoms. The van der Waals surface area contributed by atoms with Gasteiger partial charge in [0, 0.05) is 33.7 Å². The Morgan fingerprint density at radius 3 is 2.59 bits per heavy atom. The van der Waals surface area contributed by atoms with Crippen LogP contribution in [0, 0.1) is 5.41 Å². The predicted octanol–water partition coefficient (Wildman–Crippen LogP) is 3.03. The van der Waals surface area contributed by atoms with Gasteiger partial charge in [-0.15, -0.1) is 0 Å². The Morgan fingerprint density at radius 2 is 2.00 bits per heavy atom. The number of carbonyl (C=O) groups is 1. The van der Waals surface area contributed by atoms with Crippen LogP contribution in [0.2, 0.25) is 0 Å². The van der Waals surface area contributed by atoms with Gasteiger partial charge in [-0.2, -0.15) is 0 Å². The first-order chi connectivity index (χ1) is 12.6. The predicted molar refractivity (Wildman–Crippen MR) is 112 cm³/mol. The molecule has 1 amide bonds. The summed E-state index contributed by atoms with van der Waals surface area (Å²) in [6, 6.07) is 8.08. The fraction of sp³-hybridized carbons (Fsp3) is 0.619. The number of likely N-dealkylation sites (N-methyl/N-ethyl adjacent to an activating group) is 1. The topological polar surface area (TPSA) is 66.0 Å². The summed E-state index contributed by atoms with van der Waals surface area (Å²) in [5.41, 5.74) is 1.40. The lowest BCUT2D eigenvalue weighted by Gasteiger charge is -2.23. The molecular formula is C21H36N4O2. The van der Waals surface area contributed by atoms with E-state index in [9.17, 15) is 4.79 Å². The smallest absolute Gasteiger partial charge is 0.259 e. The number of hydrogen-bond donors (Lipinski definition) is 2. The summed E-state index contributed by atoms with van der Waals surface area (Å²) in [4.78, 5) is 17.5. The number of benzene rings is 1. The second-order valence-corrected chi connectivity index (χ2v) is 8.29. The molecule has 1 aromatic rings. The van der Waals surface area contributed by atoms with E-state index in [4.69, 9.17) is 4.74 Å². The maximum absolute atomic E-state index is 11.6. The molecule has 1 aromatic carbocycles. The van der Waals surface area contributed by atoms with Crippen molar-refractivity contribution >= 4 is 11.9 Å². The average molecular weight is 377 g/mol. The monoisotopic (exact) mass is 376 g/mol. The summed E-state index contributed by atoms with van der Waals surface area (Å²) >= 11 is 0. The van der Waals surface area contributed by atoms with Gasteiger partial charge in [0.05, 0.1) is 0 Å². The second kappa shape index (κ2) is 10.8. The number of ether oxygens (including phenoxy) is 1. The van der Waals surface area contributed by atoms with E-state index < -0.39 is 0 Å². The Kier molecular flexibility index (Phi) is 9.12. The van der Waals surface area contributed by atoms with Crippen molar-refractivity contribution in [3.8, 4) is 5.75 Å². The van der Waals surface area contributed by atoms with E-state index in [0.717, 1.165) is 24.4 Å². The zero-order valence-electron chi connectivity index (χ0n) is 17.9. The highest BCUT2D eigenvalue weighted by Gasteiger charge is 2.13. The lowest BCUT2D eigenvalue weighted by atomic mass is 9.89. The van der Waals surface area contributed by atoms with Gasteiger partial charge in [-0.25, -0.2) is 0 Å². The molecule has 0 aliphatic rings. The van der Waals surface area contributed by atoms with Gasteiger partial charge in [0.2, 0.25) is 0 Å². The van der Waals surface area contributed by atoms with Gasteiger partial charge in [-0.05, 0) is 42.9 Å². The number of aliphatic imine (C=N–C) groups is 1. The number of nitrogens with one attached hydrogen (secondary N) is 2. The first-order valence-corrected chi connectivity index (χ1v) is 9.50. The molecule has 0 aliphatic heterocycles. The Morgan fingerprint density at radius 1 is 1.30 bits per heavy atom. The van der Waals surface area contributed by atoms with Crippen molar-refractivity contribution in [3.63, 3.8) is 0 Å². The van der Waals surface area contributed by atoms with Gasteiger partial charge < -0.3 is 20.3 Å². The van der Waals surface area contributed by atoms with Gasteiger partial charge in [0.1, 0.15) is 5.75 Å². The summed E-state index contributed by atoms with van der Waals surface area (Å²) in [5, 5.41) is 6.77. The molecule has 0 heterocycles. The third-order valence-corrected chi connectivity index (χ3v) is 4.15. The SMILES string of the molecule is CN=C(NCc1cccc(OCC(=O)N(C)C)c1)NC(C)CCC(C)(C)C. The van der Waals surface area contributed by atoms with Gasteiger partial charge in [-0.1, -0.05) is 32.9 Å². The molecule has 1 atom stereocenters. The lowest BCUT2D eigenvalue weighted by Crippen LogP contribution is -2.42. The van der Waals surface area contributed by atoms with Crippen LogP contribution in [-0.4, -0.2) is 50.6 Å². The maximum Gasteiger partial charge on any atom is 0.259 e. The molecule has 0 bridgehead atoms. The molecule has 0 fully saturated rings. The largest absolute Gasteiger partial charge is 0.484 e. The van der Waals surface area contributed by atoms with Crippen molar-refractivity contribution in [2.24, 2.45) is 10.4 Å². The fourth-order valence-corrected chi connectivity index (χ4v) is 2.35. The minimum atomic E-state index is -0.0626. The van der Waals surface area contributed by atoms with Crippen LogP contribution in [0.5, 0.6) is 5.75 Å². The molecule has 1 rings (SSSR count). The lowest BCUT2D eigenvalue weighted by molar-refractivity contribution is -0.130. The zero-order chi connectivity index (χ0) is 20.4. The molecule has 6 nitrogen and oxygen atoms in total. The number of hydrogen-bond acceptors (Lipinski definition) is 3. The molecule has 0 aliphatic carbocycles. The number of rotatable bonds is 8. The molecular weight excluding hydrogens is 340 g/mol. The highest BCUT2D eigenvalue weighted by atomic mass is 16.5. The highest BCUT2D eigenvalue weighted by Crippen LogP contribution is 2.21. The van der Waals surface area contributed by atoms with Gasteiger partial charge in [0.15, 0.2) is 12.6 Å². The van der Waals surface area contributed by atoms with E-state index in [1.165, 1.54) is 4.90 Å². The molecule has 0 radical (unpaired) electrons. The highest BCUT2D eigenvalue weighted by molar-refractivity contribution is 5.80. The quantitative estimate of drug-likeness (QED) is 0.541. The van der Waals surface area contributed by atoms with Gasteiger partial charge in [-0.3, -0.25) is 9.79 Å². The molecule has 0 saturated heterocycles. The molecule has 0 saturated carbocycles. The van der Waals surface area contributed by atoms with Crippen molar-refractivity contribution in [2.75, 3.05) is 27.7 Å². The van der Waals surface area contributed by atoms with E-state index in [2.05, 4.69) is 43.3 Å². The molecule has 6 heteroatoms. The standard InChI is InChI=1S/C21H36N4O2/c1-16(11-12-21(2,3)4)24-20(22-5)23-14-17-9-8-10-18(13-17)27-15-19(26)25(6)7/h8-10,13,16H,11-12,14-15H2,1-7H3,(H2,22,23,24). The van der Waals surface area contributed by atoms with Gasteiger partial charge in [0.25, 0.3) is 5.91 Å². The maximum atomic E-state index is 11.6. The van der Waals surface area contributed by atoms with Crippen LogP contribution in [0.15, 0.2) is 29.3 Å². The first kappa shape index (κ1) is 22.8. The number of nitrogens with zero attached hydrogens (tertiary/aromatic N) is 2. The van der Waals surface area contributed by atoms with E-state index >= 15 is 0 Å². The second-order valence-electron chi connectivity index (χ2n) is 8.29. The van der Waals surface area contributed by atoms with E-state index in [1.54, 1.807) is 21.1 Å².